The van der Waals surface area contributed by atoms with Crippen LogP contribution < -0.4 is 0 Å². The van der Waals surface area contributed by atoms with Crippen molar-refractivity contribution in [2.24, 2.45) is 45.8 Å². The summed E-state index contributed by atoms with van der Waals surface area (Å²) >= 11 is 0. The minimum atomic E-state index is -0.820. The molecular formula is C32H48O4. The summed E-state index contributed by atoms with van der Waals surface area (Å²) in [5.74, 6) is 1.66. The molecule has 0 aromatic carbocycles. The van der Waals surface area contributed by atoms with Crippen LogP contribution in [0.25, 0.3) is 0 Å². The van der Waals surface area contributed by atoms with Gasteiger partial charge >= 0.3 is 11.9 Å². The average molecular weight is 497 g/mol. The zero-order valence-electron chi connectivity index (χ0n) is 23.7. The number of carboxylic acids is 1. The lowest BCUT2D eigenvalue weighted by atomic mass is 9.47. The van der Waals surface area contributed by atoms with Crippen LogP contribution in [0.2, 0.25) is 0 Å². The van der Waals surface area contributed by atoms with E-state index in [1.165, 1.54) is 31.8 Å². The van der Waals surface area contributed by atoms with Gasteiger partial charge in [0, 0.05) is 17.9 Å². The molecule has 4 heteroatoms. The number of carbonyl (C=O) groups is 2. The van der Waals surface area contributed by atoms with E-state index < -0.39 is 5.97 Å². The van der Waals surface area contributed by atoms with Crippen LogP contribution in [0.3, 0.4) is 0 Å². The molecule has 4 aliphatic rings. The number of hydrogen-bond acceptors (Lipinski definition) is 3. The summed E-state index contributed by atoms with van der Waals surface area (Å²) in [5.41, 5.74) is 3.98. The van der Waals surface area contributed by atoms with Crippen LogP contribution in [-0.2, 0) is 14.3 Å². The molecule has 0 unspecified atom stereocenters. The van der Waals surface area contributed by atoms with Crippen LogP contribution in [0.4, 0.5) is 0 Å². The van der Waals surface area contributed by atoms with Crippen molar-refractivity contribution < 1.29 is 19.4 Å². The van der Waals surface area contributed by atoms with Crippen LogP contribution in [0, 0.1) is 45.8 Å². The standard InChI is InChI=1S/C32H48O4/c1-19(10-9-11-20(2)29(34)35)23-14-16-31(7)24-12-13-27-30(5,6)28(36-22(4)33)15-17-32(27,8)26(24)18-25(31)21(23)3/h11-12,19,23,25-28H,3,9-10,13-18H2,1-2,4-8H3,(H,34,35)/b20-11-/t19-,23-,25+,26-,27+,28-,31+,32-/m1/s1. The van der Waals surface area contributed by atoms with Crippen molar-refractivity contribution in [1.29, 1.82) is 0 Å². The van der Waals surface area contributed by atoms with Crippen LogP contribution in [0.5, 0.6) is 0 Å². The van der Waals surface area contributed by atoms with Gasteiger partial charge in [-0.05, 0) is 98.7 Å². The second-order valence-electron chi connectivity index (χ2n) is 13.6. The van der Waals surface area contributed by atoms with E-state index in [1.807, 2.05) is 6.08 Å². The fourth-order valence-corrected chi connectivity index (χ4v) is 9.21. The van der Waals surface area contributed by atoms with Crippen LogP contribution >= 0.6 is 0 Å². The summed E-state index contributed by atoms with van der Waals surface area (Å²) in [6.07, 6.45) is 13.0. The predicted octanol–water partition coefficient (Wildman–Crippen LogP) is 7.75. The first-order chi connectivity index (χ1) is 16.7. The fourth-order valence-electron chi connectivity index (χ4n) is 9.21. The minimum Gasteiger partial charge on any atom is -0.478 e. The maximum atomic E-state index is 11.8. The Morgan fingerprint density at radius 1 is 1.17 bits per heavy atom. The Balaban J connectivity index is 1.53. The summed E-state index contributed by atoms with van der Waals surface area (Å²) in [6, 6.07) is 0. The molecule has 8 atom stereocenters. The van der Waals surface area contributed by atoms with Gasteiger partial charge in [-0.3, -0.25) is 4.79 Å². The Bertz CT molecular complexity index is 986. The van der Waals surface area contributed by atoms with E-state index >= 15 is 0 Å². The van der Waals surface area contributed by atoms with Gasteiger partial charge in [0.05, 0.1) is 0 Å². The lowest BCUT2D eigenvalue weighted by Crippen LogP contribution is -2.55. The fraction of sp³-hybridized carbons (Fsp3) is 0.750. The lowest BCUT2D eigenvalue weighted by molar-refractivity contribution is -0.171. The zero-order valence-corrected chi connectivity index (χ0v) is 23.7. The van der Waals surface area contributed by atoms with Gasteiger partial charge < -0.3 is 9.84 Å². The largest absolute Gasteiger partial charge is 0.478 e. The summed E-state index contributed by atoms with van der Waals surface area (Å²) < 4.78 is 5.83. The maximum Gasteiger partial charge on any atom is 0.330 e. The van der Waals surface area contributed by atoms with Gasteiger partial charge in [0.25, 0.3) is 0 Å². The first-order valence-corrected chi connectivity index (χ1v) is 14.2. The Morgan fingerprint density at radius 2 is 1.86 bits per heavy atom. The molecule has 36 heavy (non-hydrogen) atoms. The van der Waals surface area contributed by atoms with Gasteiger partial charge in [0.2, 0.25) is 0 Å². The molecular weight excluding hydrogens is 448 g/mol. The number of carboxylic acid groups (broad SMARTS) is 1. The molecule has 0 radical (unpaired) electrons. The normalized spacial score (nSPS) is 40.4. The first kappa shape index (κ1) is 27.2. The molecule has 0 aliphatic heterocycles. The molecule has 1 N–H and O–H groups in total. The van der Waals surface area contributed by atoms with Gasteiger partial charge in [0.1, 0.15) is 6.10 Å². The third-order valence-electron chi connectivity index (χ3n) is 11.4. The average Bonchev–Trinajstić information content (AvgIpc) is 3.10. The van der Waals surface area contributed by atoms with Gasteiger partial charge in [-0.2, -0.15) is 0 Å². The topological polar surface area (TPSA) is 63.6 Å². The zero-order chi connectivity index (χ0) is 26.6. The summed E-state index contributed by atoms with van der Waals surface area (Å²) in [7, 11) is 0. The molecule has 0 aromatic heterocycles. The lowest BCUT2D eigenvalue weighted by Gasteiger charge is -2.58. The van der Waals surface area contributed by atoms with Gasteiger partial charge in [-0.1, -0.05) is 64.5 Å². The summed E-state index contributed by atoms with van der Waals surface area (Å²) in [5, 5.41) is 9.15. The molecule has 0 spiro atoms. The third kappa shape index (κ3) is 4.31. The molecule has 0 saturated heterocycles. The highest BCUT2D eigenvalue weighted by molar-refractivity contribution is 5.85. The molecule has 200 valence electrons. The van der Waals surface area contributed by atoms with Gasteiger partial charge in [-0.15, -0.1) is 0 Å². The van der Waals surface area contributed by atoms with E-state index in [0.717, 1.165) is 32.1 Å². The molecule has 0 heterocycles. The van der Waals surface area contributed by atoms with Crippen molar-refractivity contribution in [1.82, 2.24) is 0 Å². The number of hydrogen-bond donors (Lipinski definition) is 1. The number of carbonyl (C=O) groups excluding carboxylic acids is 1. The molecule has 4 rings (SSSR count). The smallest absolute Gasteiger partial charge is 0.330 e. The molecule has 0 aromatic rings. The molecule has 3 fully saturated rings. The highest BCUT2D eigenvalue weighted by Gasteiger charge is 2.63. The monoisotopic (exact) mass is 496 g/mol. The Labute approximate surface area is 218 Å². The number of esters is 1. The SMILES string of the molecule is C=C1[C@@H]([C@H](C)CC/C=C(/C)C(=O)O)CC[C@@]2(C)C3=CC[C@H]4C(C)(C)[C@H](OC(C)=O)CC[C@]4(C)[C@@H]3C[C@@H]12. The third-order valence-corrected chi connectivity index (χ3v) is 11.4. The number of allylic oxidation sites excluding steroid dienone is 4. The predicted molar refractivity (Wildman–Crippen MR) is 144 cm³/mol. The minimum absolute atomic E-state index is 0.00120. The van der Waals surface area contributed by atoms with Crippen LogP contribution in [0.15, 0.2) is 35.5 Å². The quantitative estimate of drug-likeness (QED) is 0.232. The summed E-state index contributed by atoms with van der Waals surface area (Å²) in [6.45, 7) is 20.0. The number of rotatable bonds is 6. The first-order valence-electron chi connectivity index (χ1n) is 14.2. The van der Waals surface area contributed by atoms with E-state index in [9.17, 15) is 9.59 Å². The van der Waals surface area contributed by atoms with Gasteiger partial charge in [0.15, 0.2) is 0 Å². The Kier molecular flexibility index (Phi) is 7.16. The molecule has 4 aliphatic carbocycles. The van der Waals surface area contributed by atoms with E-state index in [4.69, 9.17) is 16.4 Å². The van der Waals surface area contributed by atoms with Gasteiger partial charge in [-0.25, -0.2) is 4.79 Å². The van der Waals surface area contributed by atoms with Crippen molar-refractivity contribution in [3.8, 4) is 0 Å². The van der Waals surface area contributed by atoms with Crippen LogP contribution in [-0.4, -0.2) is 23.1 Å². The van der Waals surface area contributed by atoms with Crippen LogP contribution in [0.1, 0.15) is 99.8 Å². The van der Waals surface area contributed by atoms with E-state index in [2.05, 4.69) is 40.7 Å². The van der Waals surface area contributed by atoms with E-state index in [0.29, 0.717) is 35.2 Å². The Hall–Kier alpha value is -1.84. The second-order valence-corrected chi connectivity index (χ2v) is 13.6. The van der Waals surface area contributed by atoms with Crippen molar-refractivity contribution >= 4 is 11.9 Å². The molecule has 0 amide bonds. The highest BCUT2D eigenvalue weighted by Crippen LogP contribution is 2.70. The van der Waals surface area contributed by atoms with Crippen molar-refractivity contribution in [2.75, 3.05) is 0 Å². The van der Waals surface area contributed by atoms with Crippen molar-refractivity contribution in [2.45, 2.75) is 106 Å². The molecule has 4 nitrogen and oxygen atoms in total. The maximum absolute atomic E-state index is 11.8. The Morgan fingerprint density at radius 3 is 2.50 bits per heavy atom. The number of ether oxygens (including phenoxy) is 1. The second kappa shape index (κ2) is 9.48. The number of fused-ring (bicyclic) bond motifs is 5. The number of aliphatic carboxylic acids is 1. The van der Waals surface area contributed by atoms with Crippen molar-refractivity contribution in [3.63, 3.8) is 0 Å². The van der Waals surface area contributed by atoms with Crippen molar-refractivity contribution in [3.05, 3.63) is 35.5 Å². The molecule has 3 saturated carbocycles. The van der Waals surface area contributed by atoms with E-state index in [-0.39, 0.29) is 28.3 Å². The van der Waals surface area contributed by atoms with E-state index in [1.54, 1.807) is 12.5 Å². The summed E-state index contributed by atoms with van der Waals surface area (Å²) in [4.78, 5) is 22.9. The highest BCUT2D eigenvalue weighted by atomic mass is 16.5. The molecule has 0 bridgehead atoms.